The zero-order valence-electron chi connectivity index (χ0n) is 17.9. The molecule has 1 aliphatic rings. The van der Waals surface area contributed by atoms with Gasteiger partial charge >= 0.3 is 0 Å². The van der Waals surface area contributed by atoms with Gasteiger partial charge in [0.15, 0.2) is 5.96 Å². The molecule has 7 nitrogen and oxygen atoms in total. The monoisotopic (exact) mass is 553 g/mol. The number of imidazole rings is 1. The number of para-hydroxylation sites is 2. The van der Waals surface area contributed by atoms with Crippen LogP contribution in [0.1, 0.15) is 18.7 Å². The van der Waals surface area contributed by atoms with Gasteiger partial charge in [-0.15, -0.1) is 24.0 Å². The minimum Gasteiger partial charge on any atom is -0.356 e. The summed E-state index contributed by atoms with van der Waals surface area (Å²) in [6.45, 7) is 5.61. The normalized spacial score (nSPS) is 16.4. The molecule has 2 aromatic heterocycles. The summed E-state index contributed by atoms with van der Waals surface area (Å²) >= 11 is 6.29. The Morgan fingerprint density at radius 2 is 2.10 bits per heavy atom. The SMILES string of the molecule is CN=C(NCCCn1c(C)nc2ccccc21)NC1CCN(c2ncccc2Cl)C1.I. The molecule has 0 spiro atoms. The van der Waals surface area contributed by atoms with E-state index in [2.05, 4.69) is 60.2 Å². The molecule has 1 unspecified atom stereocenters. The van der Waals surface area contributed by atoms with Gasteiger partial charge in [-0.25, -0.2) is 9.97 Å². The zero-order valence-corrected chi connectivity index (χ0v) is 21.0. The highest BCUT2D eigenvalue weighted by Crippen LogP contribution is 2.25. The van der Waals surface area contributed by atoms with Crippen LogP contribution in [0.25, 0.3) is 11.0 Å². The Morgan fingerprint density at radius 3 is 2.90 bits per heavy atom. The smallest absolute Gasteiger partial charge is 0.191 e. The summed E-state index contributed by atoms with van der Waals surface area (Å²) < 4.78 is 2.28. The number of hydrogen-bond acceptors (Lipinski definition) is 4. The Hall–Kier alpha value is -2.07. The van der Waals surface area contributed by atoms with Gasteiger partial charge in [0.25, 0.3) is 0 Å². The predicted octanol–water partition coefficient (Wildman–Crippen LogP) is 3.85. The summed E-state index contributed by atoms with van der Waals surface area (Å²) in [6, 6.07) is 12.3. The van der Waals surface area contributed by atoms with Gasteiger partial charge in [-0.05, 0) is 44.0 Å². The lowest BCUT2D eigenvalue weighted by atomic mass is 10.3. The Balaban J connectivity index is 0.00000272. The van der Waals surface area contributed by atoms with Crippen molar-refractivity contribution in [2.75, 3.05) is 31.6 Å². The predicted molar refractivity (Wildman–Crippen MR) is 139 cm³/mol. The molecule has 0 aliphatic carbocycles. The van der Waals surface area contributed by atoms with E-state index in [-0.39, 0.29) is 24.0 Å². The van der Waals surface area contributed by atoms with Crippen molar-refractivity contribution in [1.29, 1.82) is 0 Å². The average molecular weight is 554 g/mol. The topological polar surface area (TPSA) is 70.4 Å². The number of anilines is 1. The maximum absolute atomic E-state index is 6.29. The molecule has 0 amide bonds. The Morgan fingerprint density at radius 1 is 1.26 bits per heavy atom. The number of nitrogens with one attached hydrogen (secondary N) is 2. The summed E-state index contributed by atoms with van der Waals surface area (Å²) in [5, 5.41) is 7.66. The quantitative estimate of drug-likeness (QED) is 0.210. The lowest BCUT2D eigenvalue weighted by molar-refractivity contribution is 0.609. The number of aliphatic imine (C=N–C) groups is 1. The van der Waals surface area contributed by atoms with Crippen LogP contribution in [0.15, 0.2) is 47.6 Å². The Kier molecular flexibility index (Phi) is 8.36. The number of pyridine rings is 1. The van der Waals surface area contributed by atoms with E-state index in [0.717, 1.165) is 62.1 Å². The first kappa shape index (κ1) is 23.6. The second kappa shape index (κ2) is 11.0. The number of benzene rings is 1. The maximum Gasteiger partial charge on any atom is 0.191 e. The molecule has 1 aliphatic heterocycles. The number of rotatable bonds is 6. The van der Waals surface area contributed by atoms with Crippen LogP contribution in [0.2, 0.25) is 5.02 Å². The van der Waals surface area contributed by atoms with Crippen LogP contribution in [0.5, 0.6) is 0 Å². The molecule has 3 heterocycles. The number of halogens is 2. The molecule has 166 valence electrons. The summed E-state index contributed by atoms with van der Waals surface area (Å²) in [7, 11) is 1.81. The third-order valence-corrected chi connectivity index (χ3v) is 5.78. The van der Waals surface area contributed by atoms with Gasteiger partial charge in [-0.1, -0.05) is 23.7 Å². The largest absolute Gasteiger partial charge is 0.356 e. The first-order chi connectivity index (χ1) is 14.7. The average Bonchev–Trinajstić information content (AvgIpc) is 3.34. The number of aromatic nitrogens is 3. The van der Waals surface area contributed by atoms with E-state index in [0.29, 0.717) is 11.1 Å². The molecule has 1 fully saturated rings. The van der Waals surface area contributed by atoms with Crippen molar-refractivity contribution in [3.8, 4) is 0 Å². The van der Waals surface area contributed by atoms with Crippen LogP contribution in [-0.2, 0) is 6.54 Å². The number of guanidine groups is 1. The lowest BCUT2D eigenvalue weighted by Gasteiger charge is -2.20. The fourth-order valence-electron chi connectivity index (χ4n) is 3.99. The van der Waals surface area contributed by atoms with Crippen molar-refractivity contribution in [3.63, 3.8) is 0 Å². The van der Waals surface area contributed by atoms with Crippen LogP contribution >= 0.6 is 35.6 Å². The van der Waals surface area contributed by atoms with Gasteiger partial charge in [-0.2, -0.15) is 0 Å². The molecular formula is C22H29ClIN7. The first-order valence-corrected chi connectivity index (χ1v) is 10.8. The molecule has 4 rings (SSSR count). The molecule has 1 saturated heterocycles. The van der Waals surface area contributed by atoms with E-state index < -0.39 is 0 Å². The third kappa shape index (κ3) is 5.60. The van der Waals surface area contributed by atoms with Crippen molar-refractivity contribution in [1.82, 2.24) is 25.2 Å². The van der Waals surface area contributed by atoms with Crippen LogP contribution in [0.3, 0.4) is 0 Å². The van der Waals surface area contributed by atoms with Crippen molar-refractivity contribution in [3.05, 3.63) is 53.4 Å². The van der Waals surface area contributed by atoms with Crippen LogP contribution < -0.4 is 15.5 Å². The van der Waals surface area contributed by atoms with E-state index in [1.807, 2.05) is 25.2 Å². The number of hydrogen-bond donors (Lipinski definition) is 2. The fourth-order valence-corrected chi connectivity index (χ4v) is 4.23. The molecular weight excluding hydrogens is 525 g/mol. The second-order valence-corrected chi connectivity index (χ2v) is 7.94. The molecule has 31 heavy (non-hydrogen) atoms. The molecule has 0 bridgehead atoms. The van der Waals surface area contributed by atoms with E-state index in [4.69, 9.17) is 11.6 Å². The van der Waals surface area contributed by atoms with Gasteiger partial charge in [-0.3, -0.25) is 4.99 Å². The van der Waals surface area contributed by atoms with Gasteiger partial charge in [0.05, 0.1) is 16.1 Å². The Bertz CT molecular complexity index is 1040. The Labute approximate surface area is 205 Å². The first-order valence-electron chi connectivity index (χ1n) is 10.4. The summed E-state index contributed by atoms with van der Waals surface area (Å²) in [6.07, 6.45) is 3.80. The summed E-state index contributed by atoms with van der Waals surface area (Å²) in [5.74, 6) is 2.74. The molecule has 3 aromatic rings. The number of aryl methyl sites for hydroxylation is 2. The molecule has 0 saturated carbocycles. The molecule has 1 atom stereocenters. The van der Waals surface area contributed by atoms with Crippen molar-refractivity contribution < 1.29 is 0 Å². The van der Waals surface area contributed by atoms with Gasteiger partial charge in [0, 0.05) is 45.5 Å². The number of nitrogens with zero attached hydrogens (tertiary/aromatic N) is 5. The maximum atomic E-state index is 6.29. The van der Waals surface area contributed by atoms with Crippen LogP contribution in [0.4, 0.5) is 5.82 Å². The molecule has 2 N–H and O–H groups in total. The summed E-state index contributed by atoms with van der Waals surface area (Å²) in [4.78, 5) is 15.7. The van der Waals surface area contributed by atoms with E-state index >= 15 is 0 Å². The molecule has 1 aromatic carbocycles. The third-order valence-electron chi connectivity index (χ3n) is 5.49. The van der Waals surface area contributed by atoms with Gasteiger partial charge < -0.3 is 20.1 Å². The summed E-state index contributed by atoms with van der Waals surface area (Å²) in [5.41, 5.74) is 2.25. The van der Waals surface area contributed by atoms with Gasteiger partial charge in [0.1, 0.15) is 11.6 Å². The highest BCUT2D eigenvalue weighted by Gasteiger charge is 2.25. The van der Waals surface area contributed by atoms with Crippen molar-refractivity contribution in [2.24, 2.45) is 4.99 Å². The minimum atomic E-state index is 0. The van der Waals surface area contributed by atoms with Crippen LogP contribution in [0, 0.1) is 6.92 Å². The number of fused-ring (bicyclic) bond motifs is 1. The van der Waals surface area contributed by atoms with Gasteiger partial charge in [0.2, 0.25) is 0 Å². The van der Waals surface area contributed by atoms with Crippen LogP contribution in [-0.4, -0.2) is 53.2 Å². The van der Waals surface area contributed by atoms with Crippen molar-refractivity contribution >= 4 is 58.4 Å². The molecule has 9 heteroatoms. The van der Waals surface area contributed by atoms with Crippen molar-refractivity contribution in [2.45, 2.75) is 32.4 Å². The highest BCUT2D eigenvalue weighted by molar-refractivity contribution is 14.0. The second-order valence-electron chi connectivity index (χ2n) is 7.54. The molecule has 0 radical (unpaired) electrons. The van der Waals surface area contributed by atoms with E-state index in [9.17, 15) is 0 Å². The zero-order chi connectivity index (χ0) is 20.9. The fraction of sp³-hybridized carbons (Fsp3) is 0.409. The lowest BCUT2D eigenvalue weighted by Crippen LogP contribution is -2.45. The van der Waals surface area contributed by atoms with E-state index in [1.54, 1.807) is 6.20 Å². The van der Waals surface area contributed by atoms with E-state index in [1.165, 1.54) is 5.52 Å². The minimum absolute atomic E-state index is 0. The highest BCUT2D eigenvalue weighted by atomic mass is 127. The standard InChI is InChI=1S/C22H28ClN7.HI/c1-16-27-19-8-3-4-9-20(19)30(16)13-6-12-26-22(24-2)28-17-10-14-29(15-17)21-18(23)7-5-11-25-21;/h3-5,7-9,11,17H,6,10,12-15H2,1-2H3,(H2,24,26,28);1H.